The van der Waals surface area contributed by atoms with Crippen molar-refractivity contribution in [2.45, 2.75) is 13.0 Å². The summed E-state index contributed by atoms with van der Waals surface area (Å²) in [6.45, 7) is 1.93. The Balaban J connectivity index is 1.95. The molecule has 1 unspecified atom stereocenters. The van der Waals surface area contributed by atoms with Gasteiger partial charge in [-0.15, -0.1) is 11.3 Å². The number of hydrogen-bond donors (Lipinski definition) is 1. The third kappa shape index (κ3) is 3.21. The van der Waals surface area contributed by atoms with Crippen molar-refractivity contribution in [3.8, 4) is 5.75 Å². The molecule has 1 atom stereocenters. The minimum atomic E-state index is -0.706. The fourth-order valence-corrected chi connectivity index (χ4v) is 4.55. The quantitative estimate of drug-likeness (QED) is 0.388. The largest absolute Gasteiger partial charge is 0.507 e. The average Bonchev–Trinajstić information content (AvgIpc) is 3.28. The molecule has 1 fully saturated rings. The minimum absolute atomic E-state index is 0.0922. The molecule has 1 aliphatic heterocycles. The van der Waals surface area contributed by atoms with Gasteiger partial charge in [-0.05, 0) is 36.1 Å². The van der Waals surface area contributed by atoms with Crippen LogP contribution in [0.2, 0.25) is 0 Å². The topological polar surface area (TPSA) is 66.8 Å². The monoisotopic (exact) mass is 405 g/mol. The molecule has 6 heteroatoms. The molecule has 1 N–H and O–H groups in total. The number of ether oxygens (including phenoxy) is 1. The lowest BCUT2D eigenvalue weighted by Gasteiger charge is -2.25. The number of anilines is 1. The summed E-state index contributed by atoms with van der Waals surface area (Å²) < 4.78 is 5.29. The van der Waals surface area contributed by atoms with Gasteiger partial charge in [0.05, 0.1) is 12.7 Å². The van der Waals surface area contributed by atoms with Crippen LogP contribution in [0.5, 0.6) is 5.75 Å². The molecule has 1 amide bonds. The molecule has 3 aromatic rings. The Hall–Kier alpha value is -3.38. The Morgan fingerprint density at radius 1 is 1.07 bits per heavy atom. The molecule has 2 aromatic carbocycles. The van der Waals surface area contributed by atoms with Gasteiger partial charge in [-0.2, -0.15) is 0 Å². The zero-order valence-corrected chi connectivity index (χ0v) is 16.8. The Morgan fingerprint density at radius 3 is 2.48 bits per heavy atom. The van der Waals surface area contributed by atoms with Crippen LogP contribution in [0, 0.1) is 6.92 Å². The molecule has 0 bridgehead atoms. The molecule has 1 aliphatic rings. The Labute approximate surface area is 172 Å². The highest BCUT2D eigenvalue weighted by Crippen LogP contribution is 2.45. The number of ketones is 1. The van der Waals surface area contributed by atoms with E-state index in [2.05, 4.69) is 0 Å². The van der Waals surface area contributed by atoms with E-state index in [4.69, 9.17) is 4.74 Å². The molecule has 5 nitrogen and oxygen atoms in total. The summed E-state index contributed by atoms with van der Waals surface area (Å²) in [5.74, 6) is -0.971. The molecule has 0 saturated carbocycles. The highest BCUT2D eigenvalue weighted by atomic mass is 32.1. The van der Waals surface area contributed by atoms with E-state index in [1.807, 2.05) is 24.4 Å². The zero-order chi connectivity index (χ0) is 20.5. The van der Waals surface area contributed by atoms with Crippen molar-refractivity contribution < 1.29 is 19.4 Å². The first-order valence-electron chi connectivity index (χ1n) is 9.07. The van der Waals surface area contributed by atoms with E-state index in [1.165, 1.54) is 16.2 Å². The number of methoxy groups -OCH3 is 1. The number of carbonyl (C=O) groups excluding carboxylic acids is 2. The lowest BCUT2D eigenvalue weighted by atomic mass is 9.98. The second kappa shape index (κ2) is 7.56. The third-order valence-corrected chi connectivity index (χ3v) is 6.04. The first-order chi connectivity index (χ1) is 14.0. The normalized spacial score (nSPS) is 18.3. The molecule has 29 heavy (non-hydrogen) atoms. The number of rotatable bonds is 4. The van der Waals surface area contributed by atoms with Crippen LogP contribution in [0.25, 0.3) is 5.76 Å². The van der Waals surface area contributed by atoms with E-state index in [0.717, 1.165) is 10.4 Å². The summed E-state index contributed by atoms with van der Waals surface area (Å²) in [7, 11) is 1.55. The summed E-state index contributed by atoms with van der Waals surface area (Å²) in [4.78, 5) is 28.4. The molecule has 0 spiro atoms. The van der Waals surface area contributed by atoms with Crippen molar-refractivity contribution in [1.82, 2.24) is 0 Å². The van der Waals surface area contributed by atoms with Gasteiger partial charge in [0.1, 0.15) is 17.6 Å². The summed E-state index contributed by atoms with van der Waals surface area (Å²) >= 11 is 1.45. The lowest BCUT2D eigenvalue weighted by molar-refractivity contribution is -0.132. The van der Waals surface area contributed by atoms with Gasteiger partial charge in [0.25, 0.3) is 11.7 Å². The van der Waals surface area contributed by atoms with Crippen LogP contribution < -0.4 is 9.64 Å². The van der Waals surface area contributed by atoms with Crippen LogP contribution in [-0.4, -0.2) is 23.9 Å². The van der Waals surface area contributed by atoms with Gasteiger partial charge in [0.15, 0.2) is 0 Å². The molecule has 0 radical (unpaired) electrons. The van der Waals surface area contributed by atoms with E-state index in [9.17, 15) is 14.7 Å². The third-order valence-electron chi connectivity index (χ3n) is 4.97. The molecule has 4 rings (SSSR count). The van der Waals surface area contributed by atoms with Crippen LogP contribution in [0.15, 0.2) is 71.6 Å². The van der Waals surface area contributed by atoms with Gasteiger partial charge in [-0.25, -0.2) is 0 Å². The van der Waals surface area contributed by atoms with Crippen molar-refractivity contribution >= 4 is 34.5 Å². The van der Waals surface area contributed by atoms with Crippen LogP contribution in [-0.2, 0) is 9.59 Å². The van der Waals surface area contributed by atoms with Crippen molar-refractivity contribution in [3.05, 3.63) is 87.6 Å². The molecule has 2 heterocycles. The summed E-state index contributed by atoms with van der Waals surface area (Å²) in [5.41, 5.74) is 2.08. The predicted molar refractivity (Wildman–Crippen MR) is 113 cm³/mol. The number of aryl methyl sites for hydroxylation is 1. The zero-order valence-electron chi connectivity index (χ0n) is 16.0. The van der Waals surface area contributed by atoms with Crippen LogP contribution in [0.1, 0.15) is 22.0 Å². The van der Waals surface area contributed by atoms with Crippen LogP contribution in [0.4, 0.5) is 5.69 Å². The van der Waals surface area contributed by atoms with Gasteiger partial charge in [-0.3, -0.25) is 14.5 Å². The van der Waals surface area contributed by atoms with Crippen LogP contribution in [0.3, 0.4) is 0 Å². The molecule has 1 aromatic heterocycles. The second-order valence-electron chi connectivity index (χ2n) is 6.70. The Morgan fingerprint density at radius 2 is 1.83 bits per heavy atom. The standard InChI is InChI=1S/C23H19NO4S/c1-14-11-12-29-22(14)19-18(20(25)15-7-4-3-5-8-15)21(26)23(27)24(19)16-9-6-10-17(13-16)28-2/h3-13,19,25H,1-2H3/b20-18-. The van der Waals surface area contributed by atoms with Gasteiger partial charge in [0, 0.05) is 22.2 Å². The predicted octanol–water partition coefficient (Wildman–Crippen LogP) is 4.69. The van der Waals surface area contributed by atoms with Gasteiger partial charge >= 0.3 is 0 Å². The van der Waals surface area contributed by atoms with Crippen molar-refractivity contribution in [3.63, 3.8) is 0 Å². The summed E-state index contributed by atoms with van der Waals surface area (Å²) in [6, 6.07) is 17.0. The number of carbonyl (C=O) groups is 2. The number of hydrogen-bond acceptors (Lipinski definition) is 5. The van der Waals surface area contributed by atoms with Gasteiger partial charge in [0.2, 0.25) is 0 Å². The molecular weight excluding hydrogens is 386 g/mol. The maximum atomic E-state index is 13.1. The fourth-order valence-electron chi connectivity index (χ4n) is 3.52. The highest BCUT2D eigenvalue weighted by molar-refractivity contribution is 7.10. The average molecular weight is 405 g/mol. The maximum Gasteiger partial charge on any atom is 0.300 e. The van der Waals surface area contributed by atoms with Gasteiger partial charge in [-0.1, -0.05) is 36.4 Å². The number of thiophene rings is 1. The van der Waals surface area contributed by atoms with Crippen LogP contribution >= 0.6 is 11.3 Å². The fraction of sp³-hybridized carbons (Fsp3) is 0.130. The number of Topliss-reactive ketones (excluding diaryl/α,β-unsaturated/α-hetero) is 1. The SMILES string of the molecule is COc1cccc(N2C(=O)C(=O)/C(=C(\O)c3ccccc3)C2c2sccc2C)c1. The molecule has 1 saturated heterocycles. The van der Waals surface area contributed by atoms with E-state index in [1.54, 1.807) is 55.6 Å². The van der Waals surface area contributed by atoms with E-state index >= 15 is 0 Å². The smallest absolute Gasteiger partial charge is 0.300 e. The van der Waals surface area contributed by atoms with Crippen molar-refractivity contribution in [1.29, 1.82) is 0 Å². The molecule has 146 valence electrons. The molecular formula is C23H19NO4S. The summed E-state index contributed by atoms with van der Waals surface area (Å²) in [6.07, 6.45) is 0. The number of aliphatic hydroxyl groups is 1. The van der Waals surface area contributed by atoms with Gasteiger partial charge < -0.3 is 9.84 Å². The van der Waals surface area contributed by atoms with E-state index in [0.29, 0.717) is 17.0 Å². The Kier molecular flexibility index (Phi) is 4.94. The number of nitrogens with zero attached hydrogens (tertiary/aromatic N) is 1. The number of aliphatic hydroxyl groups excluding tert-OH is 1. The first kappa shape index (κ1) is 19.0. The molecule has 0 aliphatic carbocycles. The number of benzene rings is 2. The lowest BCUT2D eigenvalue weighted by Crippen LogP contribution is -2.29. The highest BCUT2D eigenvalue weighted by Gasteiger charge is 2.48. The maximum absolute atomic E-state index is 13.1. The first-order valence-corrected chi connectivity index (χ1v) is 9.95. The van der Waals surface area contributed by atoms with Crippen molar-refractivity contribution in [2.75, 3.05) is 12.0 Å². The Bertz CT molecular complexity index is 1120. The van der Waals surface area contributed by atoms with E-state index < -0.39 is 17.7 Å². The minimum Gasteiger partial charge on any atom is -0.507 e. The second-order valence-corrected chi connectivity index (χ2v) is 7.65. The summed E-state index contributed by atoms with van der Waals surface area (Å²) in [5, 5.41) is 12.9. The number of amides is 1. The van der Waals surface area contributed by atoms with E-state index in [-0.39, 0.29) is 11.3 Å². The van der Waals surface area contributed by atoms with Crippen molar-refractivity contribution in [2.24, 2.45) is 0 Å².